The predicted molar refractivity (Wildman–Crippen MR) is 54.2 cm³/mol. The minimum absolute atomic E-state index is 0.182. The van der Waals surface area contributed by atoms with Crippen LogP contribution in [0.15, 0.2) is 24.4 Å². The van der Waals surface area contributed by atoms with Crippen LogP contribution < -0.4 is 0 Å². The molecule has 0 radical (unpaired) electrons. The van der Waals surface area contributed by atoms with Crippen LogP contribution >= 0.6 is 0 Å². The van der Waals surface area contributed by atoms with Gasteiger partial charge in [-0.2, -0.15) is 5.26 Å². The van der Waals surface area contributed by atoms with E-state index in [2.05, 4.69) is 31.8 Å². The van der Waals surface area contributed by atoms with Crippen LogP contribution in [0.2, 0.25) is 0 Å². The predicted octanol–water partition coefficient (Wildman–Crippen LogP) is 2.91. The van der Waals surface area contributed by atoms with Crippen LogP contribution in [0, 0.1) is 11.3 Å². The molecule has 0 aliphatic heterocycles. The van der Waals surface area contributed by atoms with Gasteiger partial charge in [-0.25, -0.2) is 0 Å². The molecule has 0 N–H and O–H groups in total. The highest BCUT2D eigenvalue weighted by molar-refractivity contribution is 5.12. The Balaban J connectivity index is 0.000000424. The zero-order valence-electron chi connectivity index (χ0n) is 8.70. The first-order valence-corrected chi connectivity index (χ1v) is 4.24. The van der Waals surface area contributed by atoms with Gasteiger partial charge in [-0.3, -0.25) is 4.98 Å². The molecule has 0 aromatic carbocycles. The summed E-state index contributed by atoms with van der Waals surface area (Å²) in [6.45, 7) is 7.92. The fraction of sp³-hybridized carbons (Fsp3) is 0.455. The van der Waals surface area contributed by atoms with Gasteiger partial charge in [0.2, 0.25) is 0 Å². The quantitative estimate of drug-likeness (QED) is 0.609. The number of aromatic nitrogens is 1. The first-order valence-electron chi connectivity index (χ1n) is 4.24. The van der Waals surface area contributed by atoms with Crippen LogP contribution in [0.25, 0.3) is 0 Å². The van der Waals surface area contributed by atoms with Crippen LogP contribution in [0.1, 0.15) is 33.4 Å². The molecule has 13 heavy (non-hydrogen) atoms. The molecule has 0 amide bonds. The molecule has 0 spiro atoms. The summed E-state index contributed by atoms with van der Waals surface area (Å²) in [4.78, 5) is 4.25. The standard InChI is InChI=1S/C9H13N.C2H3N/c1-9(2,3)8-6-4-5-7-10-8;1-2-3/h4-7H,1-3H3;1H3. The number of rotatable bonds is 0. The average Bonchev–Trinajstić information content (AvgIpc) is 2.06. The van der Waals surface area contributed by atoms with Gasteiger partial charge < -0.3 is 0 Å². The third-order valence-electron chi connectivity index (χ3n) is 1.43. The SMILES string of the molecule is CC#N.CC(C)(C)c1ccccn1. The molecule has 1 heterocycles. The van der Waals surface area contributed by atoms with Gasteiger partial charge in [0.05, 0.1) is 6.07 Å². The van der Waals surface area contributed by atoms with E-state index in [4.69, 9.17) is 5.26 Å². The first-order chi connectivity index (χ1) is 6.02. The highest BCUT2D eigenvalue weighted by Gasteiger charge is 2.13. The molecule has 0 fully saturated rings. The largest absolute Gasteiger partial charge is 0.261 e. The van der Waals surface area contributed by atoms with Crippen molar-refractivity contribution in [1.82, 2.24) is 4.98 Å². The lowest BCUT2D eigenvalue weighted by molar-refractivity contribution is 0.569. The molecule has 0 aliphatic rings. The molecule has 1 rings (SSSR count). The van der Waals surface area contributed by atoms with Gasteiger partial charge in [-0.05, 0) is 12.1 Å². The van der Waals surface area contributed by atoms with Crippen molar-refractivity contribution in [3.63, 3.8) is 0 Å². The Hall–Kier alpha value is -1.36. The fourth-order valence-corrected chi connectivity index (χ4v) is 0.806. The average molecular weight is 176 g/mol. The number of nitriles is 1. The summed E-state index contributed by atoms with van der Waals surface area (Å²) in [6, 6.07) is 7.77. The highest BCUT2D eigenvalue weighted by Crippen LogP contribution is 2.18. The molecule has 2 nitrogen and oxygen atoms in total. The smallest absolute Gasteiger partial charge is 0.0587 e. The van der Waals surface area contributed by atoms with Crippen molar-refractivity contribution < 1.29 is 0 Å². The summed E-state index contributed by atoms with van der Waals surface area (Å²) < 4.78 is 0. The Morgan fingerprint density at radius 3 is 2.08 bits per heavy atom. The van der Waals surface area contributed by atoms with E-state index in [1.165, 1.54) is 6.92 Å². The summed E-state index contributed by atoms with van der Waals surface area (Å²) in [7, 11) is 0. The van der Waals surface area contributed by atoms with Crippen LogP contribution in [-0.4, -0.2) is 4.98 Å². The highest BCUT2D eigenvalue weighted by atomic mass is 14.7. The molecule has 0 saturated heterocycles. The molecule has 0 aliphatic carbocycles. The van der Waals surface area contributed by atoms with Gasteiger partial charge in [-0.15, -0.1) is 0 Å². The van der Waals surface area contributed by atoms with E-state index in [1.54, 1.807) is 6.07 Å². The number of nitrogens with zero attached hydrogens (tertiary/aromatic N) is 2. The molecule has 0 unspecified atom stereocenters. The number of pyridine rings is 1. The molecule has 1 aromatic rings. The third kappa shape index (κ3) is 4.97. The van der Waals surface area contributed by atoms with Gasteiger partial charge >= 0.3 is 0 Å². The van der Waals surface area contributed by atoms with E-state index in [9.17, 15) is 0 Å². The van der Waals surface area contributed by atoms with Crippen molar-refractivity contribution >= 4 is 0 Å². The van der Waals surface area contributed by atoms with Crippen molar-refractivity contribution in [2.75, 3.05) is 0 Å². The summed E-state index contributed by atoms with van der Waals surface area (Å²) >= 11 is 0. The molecule has 2 heteroatoms. The molecule has 0 atom stereocenters. The summed E-state index contributed by atoms with van der Waals surface area (Å²) in [5, 5.41) is 7.32. The Morgan fingerprint density at radius 1 is 1.31 bits per heavy atom. The normalized spacial score (nSPS) is 9.46. The summed E-state index contributed by atoms with van der Waals surface area (Å²) in [5.74, 6) is 0. The summed E-state index contributed by atoms with van der Waals surface area (Å²) in [5.41, 5.74) is 1.33. The van der Waals surface area contributed by atoms with Crippen molar-refractivity contribution in [3.8, 4) is 6.07 Å². The summed E-state index contributed by atoms with van der Waals surface area (Å²) in [6.07, 6.45) is 1.83. The van der Waals surface area contributed by atoms with Gasteiger partial charge in [0.1, 0.15) is 0 Å². The first kappa shape index (κ1) is 11.6. The lowest BCUT2D eigenvalue weighted by atomic mass is 9.92. The second kappa shape index (κ2) is 5.31. The molecule has 1 aromatic heterocycles. The van der Waals surface area contributed by atoms with Gasteiger partial charge in [0.25, 0.3) is 0 Å². The van der Waals surface area contributed by atoms with Crippen LogP contribution in [0.3, 0.4) is 0 Å². The maximum atomic E-state index is 7.32. The van der Waals surface area contributed by atoms with E-state index >= 15 is 0 Å². The number of hydrogen-bond acceptors (Lipinski definition) is 2. The number of hydrogen-bond donors (Lipinski definition) is 0. The van der Waals surface area contributed by atoms with Crippen LogP contribution in [0.5, 0.6) is 0 Å². The maximum absolute atomic E-state index is 7.32. The van der Waals surface area contributed by atoms with E-state index in [-0.39, 0.29) is 5.41 Å². The lowest BCUT2D eigenvalue weighted by Gasteiger charge is -2.16. The minimum Gasteiger partial charge on any atom is -0.261 e. The molecule has 70 valence electrons. The van der Waals surface area contributed by atoms with Gasteiger partial charge in [0, 0.05) is 24.2 Å². The Morgan fingerprint density at radius 2 is 1.85 bits per heavy atom. The molecular weight excluding hydrogens is 160 g/mol. The van der Waals surface area contributed by atoms with E-state index in [0.717, 1.165) is 5.69 Å². The Bertz CT molecular complexity index is 264. The fourth-order valence-electron chi connectivity index (χ4n) is 0.806. The van der Waals surface area contributed by atoms with Crippen molar-refractivity contribution in [2.45, 2.75) is 33.1 Å². The van der Waals surface area contributed by atoms with Crippen molar-refractivity contribution in [1.29, 1.82) is 5.26 Å². The third-order valence-corrected chi connectivity index (χ3v) is 1.43. The molecule has 0 saturated carbocycles. The van der Waals surface area contributed by atoms with Crippen molar-refractivity contribution in [2.24, 2.45) is 0 Å². The Kier molecular flexibility index (Phi) is 4.76. The molecule has 0 bridgehead atoms. The second-order valence-corrected chi connectivity index (χ2v) is 3.69. The lowest BCUT2D eigenvalue weighted by Crippen LogP contribution is -2.12. The minimum atomic E-state index is 0.182. The topological polar surface area (TPSA) is 36.7 Å². The molecular formula is C11H16N2. The Labute approximate surface area is 80.2 Å². The van der Waals surface area contributed by atoms with E-state index in [1.807, 2.05) is 18.3 Å². The van der Waals surface area contributed by atoms with Gasteiger partial charge in [-0.1, -0.05) is 26.8 Å². The zero-order valence-corrected chi connectivity index (χ0v) is 8.70. The zero-order chi connectivity index (χ0) is 10.3. The van der Waals surface area contributed by atoms with Gasteiger partial charge in [0.15, 0.2) is 0 Å². The monoisotopic (exact) mass is 176 g/mol. The van der Waals surface area contributed by atoms with E-state index < -0.39 is 0 Å². The maximum Gasteiger partial charge on any atom is 0.0587 e. The van der Waals surface area contributed by atoms with E-state index in [0.29, 0.717) is 0 Å². The van der Waals surface area contributed by atoms with Crippen LogP contribution in [0.4, 0.5) is 0 Å². The van der Waals surface area contributed by atoms with Crippen LogP contribution in [-0.2, 0) is 5.41 Å². The second-order valence-electron chi connectivity index (χ2n) is 3.69. The van der Waals surface area contributed by atoms with Crippen molar-refractivity contribution in [3.05, 3.63) is 30.1 Å².